The number of aromatic nitrogens is 2. The van der Waals surface area contributed by atoms with Crippen molar-refractivity contribution in [1.82, 2.24) is 9.78 Å². The third-order valence-corrected chi connectivity index (χ3v) is 3.61. The standard InChI is InChI=1S/C16H13F3N2O2/c1-2-21-15-11(4-3-5-12(15)16(17,18)19)14(20-21)10-7-6-9(22)8-13(10)23/h3-8,22-23H,2H2,1H3. The minimum atomic E-state index is -4.50. The molecule has 0 aliphatic rings. The summed E-state index contributed by atoms with van der Waals surface area (Å²) in [6.45, 7) is 1.95. The number of hydrogen-bond acceptors (Lipinski definition) is 3. The van der Waals surface area contributed by atoms with Gasteiger partial charge in [0.1, 0.15) is 17.2 Å². The van der Waals surface area contributed by atoms with E-state index in [4.69, 9.17) is 0 Å². The normalized spacial score (nSPS) is 12.0. The predicted octanol–water partition coefficient (Wildman–Crippen LogP) is 4.15. The highest BCUT2D eigenvalue weighted by molar-refractivity contribution is 5.96. The molecule has 0 aliphatic heterocycles. The van der Waals surface area contributed by atoms with Crippen molar-refractivity contribution in [3.05, 3.63) is 42.0 Å². The smallest absolute Gasteiger partial charge is 0.418 e. The van der Waals surface area contributed by atoms with Gasteiger partial charge in [0, 0.05) is 23.6 Å². The average molecular weight is 322 g/mol. The van der Waals surface area contributed by atoms with Crippen LogP contribution in [0.15, 0.2) is 36.4 Å². The number of phenols is 2. The van der Waals surface area contributed by atoms with E-state index in [0.29, 0.717) is 5.39 Å². The zero-order valence-corrected chi connectivity index (χ0v) is 12.1. The molecule has 3 aromatic rings. The Bertz CT molecular complexity index is 885. The summed E-state index contributed by atoms with van der Waals surface area (Å²) in [5.74, 6) is -0.383. The number of phenolic OH excluding ortho intramolecular Hbond substituents is 2. The third-order valence-electron chi connectivity index (χ3n) is 3.61. The van der Waals surface area contributed by atoms with Crippen molar-refractivity contribution in [2.45, 2.75) is 19.6 Å². The number of alkyl halides is 3. The van der Waals surface area contributed by atoms with E-state index < -0.39 is 11.7 Å². The molecule has 3 rings (SSSR count). The van der Waals surface area contributed by atoms with Crippen LogP contribution in [-0.4, -0.2) is 20.0 Å². The van der Waals surface area contributed by atoms with Crippen LogP contribution in [0.5, 0.6) is 11.5 Å². The van der Waals surface area contributed by atoms with Crippen LogP contribution in [0.3, 0.4) is 0 Å². The Balaban J connectivity index is 2.36. The molecule has 0 bridgehead atoms. The van der Waals surface area contributed by atoms with E-state index in [2.05, 4.69) is 5.10 Å². The van der Waals surface area contributed by atoms with Gasteiger partial charge in [-0.25, -0.2) is 0 Å². The quantitative estimate of drug-likeness (QED) is 0.745. The van der Waals surface area contributed by atoms with Crippen molar-refractivity contribution in [1.29, 1.82) is 0 Å². The van der Waals surface area contributed by atoms with Crippen LogP contribution in [-0.2, 0) is 12.7 Å². The number of halogens is 3. The van der Waals surface area contributed by atoms with Gasteiger partial charge in [-0.05, 0) is 25.1 Å². The molecule has 0 spiro atoms. The van der Waals surface area contributed by atoms with Gasteiger partial charge in [0.2, 0.25) is 0 Å². The van der Waals surface area contributed by atoms with Crippen LogP contribution in [0.4, 0.5) is 13.2 Å². The molecule has 0 radical (unpaired) electrons. The molecule has 0 saturated heterocycles. The Morgan fingerprint density at radius 3 is 2.48 bits per heavy atom. The molecule has 0 fully saturated rings. The number of benzene rings is 2. The van der Waals surface area contributed by atoms with Gasteiger partial charge in [-0.15, -0.1) is 0 Å². The van der Waals surface area contributed by atoms with E-state index in [1.165, 1.54) is 28.9 Å². The lowest BCUT2D eigenvalue weighted by atomic mass is 10.0. The summed E-state index contributed by atoms with van der Waals surface area (Å²) in [6, 6.07) is 7.75. The molecule has 0 atom stereocenters. The van der Waals surface area contributed by atoms with Gasteiger partial charge in [-0.2, -0.15) is 18.3 Å². The molecule has 0 unspecified atom stereocenters. The highest BCUT2D eigenvalue weighted by Crippen LogP contribution is 2.40. The lowest BCUT2D eigenvalue weighted by Gasteiger charge is -2.09. The minimum Gasteiger partial charge on any atom is -0.508 e. The fourth-order valence-electron chi connectivity index (χ4n) is 2.61. The van der Waals surface area contributed by atoms with E-state index >= 15 is 0 Å². The molecule has 7 heteroatoms. The number of nitrogens with zero attached hydrogens (tertiary/aromatic N) is 2. The van der Waals surface area contributed by atoms with Crippen LogP contribution in [0.1, 0.15) is 12.5 Å². The summed E-state index contributed by atoms with van der Waals surface area (Å²) < 4.78 is 41.0. The summed E-state index contributed by atoms with van der Waals surface area (Å²) in [5, 5.41) is 23.9. The first-order valence-corrected chi connectivity index (χ1v) is 6.92. The average Bonchev–Trinajstić information content (AvgIpc) is 2.85. The highest BCUT2D eigenvalue weighted by atomic mass is 19.4. The van der Waals surface area contributed by atoms with Crippen LogP contribution in [0.2, 0.25) is 0 Å². The molecule has 1 aromatic heterocycles. The molecule has 23 heavy (non-hydrogen) atoms. The second-order valence-electron chi connectivity index (χ2n) is 5.07. The van der Waals surface area contributed by atoms with Gasteiger partial charge in [-0.3, -0.25) is 4.68 Å². The highest BCUT2D eigenvalue weighted by Gasteiger charge is 2.34. The van der Waals surface area contributed by atoms with Crippen LogP contribution >= 0.6 is 0 Å². The molecule has 2 N–H and O–H groups in total. The Morgan fingerprint density at radius 1 is 1.13 bits per heavy atom. The Kier molecular flexibility index (Phi) is 3.43. The van der Waals surface area contributed by atoms with Crippen molar-refractivity contribution in [3.63, 3.8) is 0 Å². The summed E-state index contributed by atoms with van der Waals surface area (Å²) in [7, 11) is 0. The van der Waals surface area contributed by atoms with Crippen molar-refractivity contribution in [2.24, 2.45) is 0 Å². The summed E-state index contributed by atoms with van der Waals surface area (Å²) >= 11 is 0. The summed E-state index contributed by atoms with van der Waals surface area (Å²) in [6.07, 6.45) is -4.50. The maximum Gasteiger partial charge on any atom is 0.418 e. The molecular weight excluding hydrogens is 309 g/mol. The van der Waals surface area contributed by atoms with Crippen molar-refractivity contribution in [2.75, 3.05) is 0 Å². The molecule has 2 aromatic carbocycles. The first-order chi connectivity index (χ1) is 10.8. The number of fused-ring (bicyclic) bond motifs is 1. The largest absolute Gasteiger partial charge is 0.508 e. The second-order valence-corrected chi connectivity index (χ2v) is 5.07. The predicted molar refractivity (Wildman–Crippen MR) is 79.2 cm³/mol. The molecule has 0 saturated carbocycles. The molecule has 1 heterocycles. The second kappa shape index (κ2) is 5.19. The fourth-order valence-corrected chi connectivity index (χ4v) is 2.61. The van der Waals surface area contributed by atoms with Crippen LogP contribution in [0, 0.1) is 0 Å². The number of hydrogen-bond donors (Lipinski definition) is 2. The van der Waals surface area contributed by atoms with E-state index in [9.17, 15) is 23.4 Å². The topological polar surface area (TPSA) is 58.3 Å². The summed E-state index contributed by atoms with van der Waals surface area (Å²) in [4.78, 5) is 0. The third kappa shape index (κ3) is 2.48. The Labute approximate surface area is 129 Å². The summed E-state index contributed by atoms with van der Waals surface area (Å²) in [5.41, 5.74) is -0.288. The number of aryl methyl sites for hydroxylation is 1. The van der Waals surface area contributed by atoms with Gasteiger partial charge < -0.3 is 10.2 Å². The van der Waals surface area contributed by atoms with Gasteiger partial charge in [0.25, 0.3) is 0 Å². The van der Waals surface area contributed by atoms with E-state index in [1.54, 1.807) is 6.92 Å². The Hall–Kier alpha value is -2.70. The zero-order valence-electron chi connectivity index (χ0n) is 12.1. The van der Waals surface area contributed by atoms with Crippen LogP contribution < -0.4 is 0 Å². The van der Waals surface area contributed by atoms with Crippen molar-refractivity contribution >= 4 is 10.9 Å². The first-order valence-electron chi connectivity index (χ1n) is 6.92. The molecule has 0 aliphatic carbocycles. The molecule has 0 amide bonds. The molecular formula is C16H13F3N2O2. The first kappa shape index (κ1) is 15.2. The van der Waals surface area contributed by atoms with E-state index in [1.807, 2.05) is 0 Å². The van der Waals surface area contributed by atoms with Crippen LogP contribution in [0.25, 0.3) is 22.2 Å². The SMILES string of the molecule is CCn1nc(-c2ccc(O)cc2O)c2cccc(C(F)(F)F)c21. The minimum absolute atomic E-state index is 0.0232. The van der Waals surface area contributed by atoms with E-state index in [0.717, 1.165) is 12.1 Å². The maximum absolute atomic E-state index is 13.3. The monoisotopic (exact) mass is 322 g/mol. The lowest BCUT2D eigenvalue weighted by Crippen LogP contribution is -2.08. The van der Waals surface area contributed by atoms with Gasteiger partial charge in [0.15, 0.2) is 0 Å². The lowest BCUT2D eigenvalue weighted by molar-refractivity contribution is -0.136. The van der Waals surface area contributed by atoms with Gasteiger partial charge >= 0.3 is 6.18 Å². The number of aromatic hydroxyl groups is 2. The van der Waals surface area contributed by atoms with E-state index in [-0.39, 0.29) is 34.8 Å². The molecule has 120 valence electrons. The number of rotatable bonds is 2. The van der Waals surface area contributed by atoms with Crippen molar-refractivity contribution in [3.8, 4) is 22.8 Å². The van der Waals surface area contributed by atoms with Gasteiger partial charge in [-0.1, -0.05) is 12.1 Å². The zero-order chi connectivity index (χ0) is 16.8. The molecule has 4 nitrogen and oxygen atoms in total. The van der Waals surface area contributed by atoms with Crippen molar-refractivity contribution < 1.29 is 23.4 Å². The maximum atomic E-state index is 13.3. The number of para-hydroxylation sites is 1. The van der Waals surface area contributed by atoms with Gasteiger partial charge in [0.05, 0.1) is 11.1 Å². The fraction of sp³-hybridized carbons (Fsp3) is 0.188. The Morgan fingerprint density at radius 2 is 1.87 bits per heavy atom.